The summed E-state index contributed by atoms with van der Waals surface area (Å²) in [6, 6.07) is 73.8. The lowest BCUT2D eigenvalue weighted by Gasteiger charge is -2.30. The van der Waals surface area contributed by atoms with E-state index in [9.17, 15) is 0 Å². The zero-order valence-electron chi connectivity index (χ0n) is 30.7. The molecule has 0 saturated carbocycles. The first-order chi connectivity index (χ1) is 27.7. The van der Waals surface area contributed by atoms with Gasteiger partial charge in [-0.05, 0) is 118 Å². The highest BCUT2D eigenvalue weighted by Crippen LogP contribution is 2.43. The van der Waals surface area contributed by atoms with Crippen molar-refractivity contribution in [2.75, 3.05) is 5.01 Å². The molecule has 0 heterocycles. The largest absolute Gasteiger partial charge is 0.247 e. The summed E-state index contributed by atoms with van der Waals surface area (Å²) in [7, 11) is 0. The van der Waals surface area contributed by atoms with Crippen LogP contribution in [0.1, 0.15) is 5.56 Å². The Kier molecular flexibility index (Phi) is 8.55. The molecule has 2 nitrogen and oxygen atoms in total. The van der Waals surface area contributed by atoms with Crippen molar-refractivity contribution in [2.45, 2.75) is 6.54 Å². The monoisotopic (exact) mass is 720 g/mol. The van der Waals surface area contributed by atoms with Crippen molar-refractivity contribution in [3.63, 3.8) is 0 Å². The quantitative estimate of drug-likeness (QED) is 0.0876. The van der Waals surface area contributed by atoms with Gasteiger partial charge in [-0.2, -0.15) is 0 Å². The maximum atomic E-state index is 16.7. The first kappa shape index (κ1) is 33.5. The zero-order chi connectivity index (χ0) is 37.4. The summed E-state index contributed by atoms with van der Waals surface area (Å²) >= 11 is 0. The minimum absolute atomic E-state index is 0.0948. The van der Waals surface area contributed by atoms with Gasteiger partial charge < -0.3 is 0 Å². The van der Waals surface area contributed by atoms with Crippen LogP contribution in [0.15, 0.2) is 212 Å². The van der Waals surface area contributed by atoms with Crippen LogP contribution < -0.4 is 5.01 Å². The number of anilines is 2. The molecule has 56 heavy (non-hydrogen) atoms. The zero-order valence-corrected chi connectivity index (χ0v) is 30.7. The number of fused-ring (bicyclic) bond motifs is 7. The summed E-state index contributed by atoms with van der Waals surface area (Å²) < 4.78 is 16.7. The molecular formula is C53H37FN2. The van der Waals surface area contributed by atoms with E-state index in [1.165, 1.54) is 43.1 Å². The lowest BCUT2D eigenvalue weighted by molar-refractivity contribution is 0.0156. The number of rotatable bonds is 8. The fourth-order valence-corrected chi connectivity index (χ4v) is 8.32. The Morgan fingerprint density at radius 3 is 1.59 bits per heavy atom. The molecule has 3 heteroatoms. The normalized spacial score (nSPS) is 11.5. The Bertz CT molecular complexity index is 2980. The van der Waals surface area contributed by atoms with Gasteiger partial charge in [0, 0.05) is 0 Å². The average molecular weight is 721 g/mol. The standard InChI is InChI=1S/C53H37FN2/c54-55(36-37-14-3-1-4-15-37)56(44-20-13-19-41(34-44)38-16-5-2-6-17-38)43-30-26-40(27-31-43)53-45-21-8-7-18-39(45)28-32-46(53)42-29-33-51-49-24-10-9-22-47(49)48-23-11-12-25-50(48)52(51)35-42/h1-35H,36H2. The van der Waals surface area contributed by atoms with Crippen LogP contribution >= 0.6 is 0 Å². The van der Waals surface area contributed by atoms with Gasteiger partial charge in [-0.15, -0.1) is 4.48 Å². The van der Waals surface area contributed by atoms with Gasteiger partial charge in [0.2, 0.25) is 0 Å². The van der Waals surface area contributed by atoms with E-state index in [1.54, 1.807) is 5.01 Å². The summed E-state index contributed by atoms with van der Waals surface area (Å²) in [6.45, 7) is 0.0948. The Morgan fingerprint density at radius 2 is 0.893 bits per heavy atom. The molecule has 0 amide bonds. The Hall–Kier alpha value is -7.07. The van der Waals surface area contributed by atoms with E-state index in [0.29, 0.717) is 0 Å². The lowest BCUT2D eigenvalue weighted by Crippen LogP contribution is -2.32. The Labute approximate surface area is 325 Å². The van der Waals surface area contributed by atoms with Crippen LogP contribution in [0.2, 0.25) is 0 Å². The van der Waals surface area contributed by atoms with Gasteiger partial charge in [0.15, 0.2) is 0 Å². The molecule has 0 aliphatic heterocycles. The summed E-state index contributed by atoms with van der Waals surface area (Å²) in [5, 5.41) is 12.3. The predicted molar refractivity (Wildman–Crippen MR) is 234 cm³/mol. The van der Waals surface area contributed by atoms with E-state index in [2.05, 4.69) is 140 Å². The highest BCUT2D eigenvalue weighted by molar-refractivity contribution is 6.26. The second-order valence-corrected chi connectivity index (χ2v) is 14.3. The van der Waals surface area contributed by atoms with Crippen LogP contribution in [0.25, 0.3) is 76.5 Å². The first-order valence-corrected chi connectivity index (χ1v) is 19.1. The number of nitrogens with zero attached hydrogens (tertiary/aromatic N) is 2. The SMILES string of the molecule is FN(Cc1ccccc1)N(c1ccc(-c2c(-c3ccc4c5ccccc5c5ccccc5c4c3)ccc3ccccc23)cc1)c1cccc(-c2ccccc2)c1. The van der Waals surface area contributed by atoms with E-state index in [-0.39, 0.29) is 6.54 Å². The minimum atomic E-state index is 0.0948. The average Bonchev–Trinajstić information content (AvgIpc) is 3.27. The molecule has 0 atom stereocenters. The number of hydrogen-bond donors (Lipinski definition) is 0. The van der Waals surface area contributed by atoms with Crippen LogP contribution in [0.3, 0.4) is 0 Å². The van der Waals surface area contributed by atoms with Crippen molar-refractivity contribution in [3.8, 4) is 33.4 Å². The molecule has 0 spiro atoms. The molecule has 0 unspecified atom stereocenters. The molecule has 0 radical (unpaired) electrons. The molecule has 0 aromatic heterocycles. The second-order valence-electron chi connectivity index (χ2n) is 14.3. The van der Waals surface area contributed by atoms with Crippen molar-refractivity contribution in [1.29, 1.82) is 0 Å². The van der Waals surface area contributed by atoms with Crippen molar-refractivity contribution in [1.82, 2.24) is 5.23 Å². The van der Waals surface area contributed by atoms with Gasteiger partial charge in [-0.3, -0.25) is 0 Å². The van der Waals surface area contributed by atoms with E-state index in [1.807, 2.05) is 72.8 Å². The fourth-order valence-electron chi connectivity index (χ4n) is 8.32. The van der Waals surface area contributed by atoms with Crippen LogP contribution in [0.5, 0.6) is 0 Å². The summed E-state index contributed by atoms with van der Waals surface area (Å²) in [4.78, 5) is 0. The number of hydrazine groups is 1. The molecule has 10 rings (SSSR count). The van der Waals surface area contributed by atoms with Crippen LogP contribution in [-0.2, 0) is 6.54 Å². The third-order valence-corrected chi connectivity index (χ3v) is 11.0. The van der Waals surface area contributed by atoms with Crippen LogP contribution in [-0.4, -0.2) is 5.23 Å². The van der Waals surface area contributed by atoms with Gasteiger partial charge in [0.1, 0.15) is 0 Å². The minimum Gasteiger partial charge on any atom is -0.247 e. The van der Waals surface area contributed by atoms with Crippen molar-refractivity contribution >= 4 is 54.5 Å². The predicted octanol–water partition coefficient (Wildman–Crippen LogP) is 14.7. The van der Waals surface area contributed by atoms with E-state index < -0.39 is 0 Å². The van der Waals surface area contributed by atoms with E-state index >= 15 is 4.48 Å². The summed E-state index contributed by atoms with van der Waals surface area (Å²) in [5.74, 6) is 0. The maximum Gasteiger partial charge on any atom is 0.0760 e. The third kappa shape index (κ3) is 6.05. The van der Waals surface area contributed by atoms with Gasteiger partial charge in [-0.1, -0.05) is 182 Å². The molecule has 0 N–H and O–H groups in total. The molecule has 266 valence electrons. The molecule has 0 fully saturated rings. The van der Waals surface area contributed by atoms with Crippen molar-refractivity contribution < 1.29 is 4.48 Å². The number of hydrogen-bond acceptors (Lipinski definition) is 2. The molecule has 0 aliphatic carbocycles. The number of halogens is 1. The van der Waals surface area contributed by atoms with Gasteiger partial charge >= 0.3 is 0 Å². The smallest absolute Gasteiger partial charge is 0.0760 e. The number of benzene rings is 10. The molecular weight excluding hydrogens is 684 g/mol. The van der Waals surface area contributed by atoms with Gasteiger partial charge in [0.25, 0.3) is 0 Å². The Balaban J connectivity index is 1.11. The molecule has 10 aromatic rings. The van der Waals surface area contributed by atoms with Crippen molar-refractivity contribution in [3.05, 3.63) is 218 Å². The highest BCUT2D eigenvalue weighted by atomic mass is 19.2. The van der Waals surface area contributed by atoms with Crippen molar-refractivity contribution in [2.24, 2.45) is 0 Å². The summed E-state index contributed by atoms with van der Waals surface area (Å²) in [5.41, 5.74) is 8.97. The maximum absolute atomic E-state index is 16.7. The molecule has 10 aromatic carbocycles. The summed E-state index contributed by atoms with van der Waals surface area (Å²) in [6.07, 6.45) is 0. The van der Waals surface area contributed by atoms with E-state index in [0.717, 1.165) is 55.5 Å². The van der Waals surface area contributed by atoms with E-state index in [4.69, 9.17) is 0 Å². The topological polar surface area (TPSA) is 6.48 Å². The Morgan fingerprint density at radius 1 is 0.339 bits per heavy atom. The highest BCUT2D eigenvalue weighted by Gasteiger charge is 2.21. The van der Waals surface area contributed by atoms with Gasteiger partial charge in [-0.25, -0.2) is 5.01 Å². The molecule has 0 aliphatic rings. The molecule has 0 saturated heterocycles. The fraction of sp³-hybridized carbons (Fsp3) is 0.0189. The van der Waals surface area contributed by atoms with Crippen LogP contribution in [0, 0.1) is 0 Å². The van der Waals surface area contributed by atoms with Gasteiger partial charge in [0.05, 0.1) is 17.9 Å². The lowest BCUT2D eigenvalue weighted by atomic mass is 9.87. The van der Waals surface area contributed by atoms with Crippen LogP contribution in [0.4, 0.5) is 15.9 Å². The second kappa shape index (κ2) is 14.3. The third-order valence-electron chi connectivity index (χ3n) is 11.0. The first-order valence-electron chi connectivity index (χ1n) is 19.1. The molecule has 0 bridgehead atoms.